The lowest BCUT2D eigenvalue weighted by Crippen LogP contribution is -2.18. The molecule has 0 radical (unpaired) electrons. The monoisotopic (exact) mass is 413 g/mol. The molecule has 134 valence electrons. The molecule has 0 bridgehead atoms. The van der Waals surface area contributed by atoms with Crippen LogP contribution in [0, 0.1) is 0 Å². The zero-order valence-corrected chi connectivity index (χ0v) is 16.1. The smallest absolute Gasteiger partial charge is 0.286 e. The van der Waals surface area contributed by atoms with Crippen molar-refractivity contribution in [1.29, 1.82) is 0 Å². The van der Waals surface area contributed by atoms with Crippen LogP contribution in [0.15, 0.2) is 57.8 Å². The van der Waals surface area contributed by atoms with Gasteiger partial charge in [0.25, 0.3) is 5.56 Å². The maximum atomic E-state index is 12.1. The minimum atomic E-state index is -0.267. The first-order valence-corrected chi connectivity index (χ1v) is 9.38. The summed E-state index contributed by atoms with van der Waals surface area (Å²) in [6.45, 7) is 2.84. The number of nitrogens with one attached hydrogen (secondary N) is 1. The number of nitrogens with zero attached hydrogens (tertiary/aromatic N) is 2. The average Bonchev–Trinajstić information content (AvgIpc) is 2.66. The van der Waals surface area contributed by atoms with E-state index < -0.39 is 0 Å². The van der Waals surface area contributed by atoms with Gasteiger partial charge in [-0.15, -0.1) is 0 Å². The van der Waals surface area contributed by atoms with E-state index in [0.29, 0.717) is 24.5 Å². The van der Waals surface area contributed by atoms with Gasteiger partial charge in [-0.1, -0.05) is 41.4 Å². The van der Waals surface area contributed by atoms with Crippen LogP contribution in [0.3, 0.4) is 0 Å². The maximum absolute atomic E-state index is 12.1. The predicted molar refractivity (Wildman–Crippen MR) is 105 cm³/mol. The predicted octanol–water partition coefficient (Wildman–Crippen LogP) is 4.36. The van der Waals surface area contributed by atoms with Crippen LogP contribution in [-0.2, 0) is 6.42 Å². The Labute approximate surface area is 160 Å². The van der Waals surface area contributed by atoms with E-state index in [1.54, 1.807) is 0 Å². The number of ether oxygens (including phenoxy) is 1. The lowest BCUT2D eigenvalue weighted by atomic mass is 10.1. The van der Waals surface area contributed by atoms with Crippen molar-refractivity contribution in [2.75, 3.05) is 6.61 Å². The molecule has 3 aromatic rings. The second-order valence-electron chi connectivity index (χ2n) is 5.96. The van der Waals surface area contributed by atoms with Crippen molar-refractivity contribution in [2.45, 2.75) is 26.2 Å². The molecule has 6 heteroatoms. The molecule has 5 nitrogen and oxygen atoms in total. The standard InChI is InChI=1S/C20H20BrN3O2/c1-2-3-12-26-17-10-6-15(7-11-17)19-22-18(20(25)24-23-19)13-14-4-8-16(21)9-5-14/h4-11H,2-3,12-13H2,1H3,(H,24,25). The molecule has 26 heavy (non-hydrogen) atoms. The van der Waals surface area contributed by atoms with Crippen molar-refractivity contribution < 1.29 is 4.74 Å². The Morgan fingerprint density at radius 3 is 2.50 bits per heavy atom. The summed E-state index contributed by atoms with van der Waals surface area (Å²) < 4.78 is 6.67. The molecule has 3 rings (SSSR count). The summed E-state index contributed by atoms with van der Waals surface area (Å²) in [6, 6.07) is 15.4. The molecule has 1 N–H and O–H groups in total. The highest BCUT2D eigenvalue weighted by Crippen LogP contribution is 2.19. The molecule has 2 aromatic carbocycles. The molecule has 0 saturated carbocycles. The molecule has 0 spiro atoms. The Kier molecular flexibility index (Phi) is 6.17. The van der Waals surface area contributed by atoms with Crippen LogP contribution in [0.2, 0.25) is 0 Å². The number of aromatic nitrogens is 3. The molecule has 0 aliphatic carbocycles. The van der Waals surface area contributed by atoms with Crippen LogP contribution < -0.4 is 10.3 Å². The van der Waals surface area contributed by atoms with Gasteiger partial charge in [-0.3, -0.25) is 4.79 Å². The number of halogens is 1. The van der Waals surface area contributed by atoms with Gasteiger partial charge in [-0.25, -0.2) is 10.1 Å². The molecule has 0 saturated heterocycles. The molecule has 1 aromatic heterocycles. The van der Waals surface area contributed by atoms with Crippen LogP contribution in [0.25, 0.3) is 11.4 Å². The van der Waals surface area contributed by atoms with Gasteiger partial charge in [0, 0.05) is 16.5 Å². The summed E-state index contributed by atoms with van der Waals surface area (Å²) in [5.41, 5.74) is 2.03. The quantitative estimate of drug-likeness (QED) is 0.584. The fourth-order valence-corrected chi connectivity index (χ4v) is 2.72. The van der Waals surface area contributed by atoms with E-state index in [2.05, 4.69) is 38.0 Å². The Balaban J connectivity index is 1.78. The van der Waals surface area contributed by atoms with Crippen LogP contribution >= 0.6 is 15.9 Å². The molecular weight excluding hydrogens is 394 g/mol. The third-order valence-corrected chi connectivity index (χ3v) is 4.46. The van der Waals surface area contributed by atoms with Crippen LogP contribution in [0.1, 0.15) is 31.0 Å². The third kappa shape index (κ3) is 4.79. The highest BCUT2D eigenvalue weighted by molar-refractivity contribution is 9.10. The fraction of sp³-hybridized carbons (Fsp3) is 0.250. The number of hydrogen-bond acceptors (Lipinski definition) is 4. The van der Waals surface area contributed by atoms with E-state index >= 15 is 0 Å². The number of benzene rings is 2. The van der Waals surface area contributed by atoms with E-state index in [1.807, 2.05) is 48.5 Å². The van der Waals surface area contributed by atoms with Crippen molar-refractivity contribution in [3.63, 3.8) is 0 Å². The SMILES string of the molecule is CCCCOc1ccc(-c2n[nH]c(=O)c(Cc3ccc(Br)cc3)n2)cc1. The Morgan fingerprint density at radius 2 is 1.81 bits per heavy atom. The lowest BCUT2D eigenvalue weighted by Gasteiger charge is -2.07. The Bertz CT molecular complexity index is 906. The molecule has 0 fully saturated rings. The molecule has 0 aliphatic heterocycles. The van der Waals surface area contributed by atoms with E-state index in [4.69, 9.17) is 4.74 Å². The summed E-state index contributed by atoms with van der Waals surface area (Å²) >= 11 is 3.41. The Hall–Kier alpha value is -2.47. The van der Waals surface area contributed by atoms with Gasteiger partial charge in [-0.2, -0.15) is 5.10 Å². The largest absolute Gasteiger partial charge is 0.494 e. The minimum absolute atomic E-state index is 0.267. The van der Waals surface area contributed by atoms with E-state index in [0.717, 1.165) is 34.2 Å². The number of aromatic amines is 1. The second-order valence-corrected chi connectivity index (χ2v) is 6.88. The highest BCUT2D eigenvalue weighted by atomic mass is 79.9. The van der Waals surface area contributed by atoms with E-state index in [9.17, 15) is 4.79 Å². The van der Waals surface area contributed by atoms with Crippen molar-refractivity contribution in [3.8, 4) is 17.1 Å². The fourth-order valence-electron chi connectivity index (χ4n) is 2.45. The van der Waals surface area contributed by atoms with Crippen molar-refractivity contribution >= 4 is 15.9 Å². The van der Waals surface area contributed by atoms with Gasteiger partial charge >= 0.3 is 0 Å². The average molecular weight is 414 g/mol. The van der Waals surface area contributed by atoms with Gasteiger partial charge in [0.05, 0.1) is 6.61 Å². The van der Waals surface area contributed by atoms with Crippen molar-refractivity contribution in [3.05, 3.63) is 74.6 Å². The zero-order valence-electron chi connectivity index (χ0n) is 14.5. The summed E-state index contributed by atoms with van der Waals surface area (Å²) in [5, 5.41) is 6.62. The minimum Gasteiger partial charge on any atom is -0.494 e. The normalized spacial score (nSPS) is 10.7. The molecule has 0 unspecified atom stereocenters. The summed E-state index contributed by atoms with van der Waals surface area (Å²) in [7, 11) is 0. The summed E-state index contributed by atoms with van der Waals surface area (Å²) in [5.74, 6) is 1.32. The van der Waals surface area contributed by atoms with Crippen LogP contribution in [0.5, 0.6) is 5.75 Å². The first-order chi connectivity index (χ1) is 12.7. The van der Waals surface area contributed by atoms with E-state index in [-0.39, 0.29) is 5.56 Å². The first-order valence-electron chi connectivity index (χ1n) is 8.59. The zero-order chi connectivity index (χ0) is 18.4. The number of unbranched alkanes of at least 4 members (excludes halogenated alkanes) is 1. The highest BCUT2D eigenvalue weighted by Gasteiger charge is 2.09. The topological polar surface area (TPSA) is 67.9 Å². The number of H-pyrrole nitrogens is 1. The number of rotatable bonds is 7. The van der Waals surface area contributed by atoms with Gasteiger partial charge in [0.2, 0.25) is 0 Å². The molecule has 0 aliphatic rings. The summed E-state index contributed by atoms with van der Waals surface area (Å²) in [4.78, 5) is 16.5. The van der Waals surface area contributed by atoms with Gasteiger partial charge in [0.15, 0.2) is 5.82 Å². The second kappa shape index (κ2) is 8.76. The molecule has 0 amide bonds. The van der Waals surface area contributed by atoms with Gasteiger partial charge < -0.3 is 4.74 Å². The number of hydrogen-bond donors (Lipinski definition) is 1. The van der Waals surface area contributed by atoms with Crippen molar-refractivity contribution in [2.24, 2.45) is 0 Å². The lowest BCUT2D eigenvalue weighted by molar-refractivity contribution is 0.309. The van der Waals surface area contributed by atoms with Crippen molar-refractivity contribution in [1.82, 2.24) is 15.2 Å². The first kappa shape index (κ1) is 18.3. The van der Waals surface area contributed by atoms with Gasteiger partial charge in [-0.05, 0) is 48.4 Å². The van der Waals surface area contributed by atoms with Crippen LogP contribution in [-0.4, -0.2) is 21.8 Å². The molecule has 1 heterocycles. The maximum Gasteiger partial charge on any atom is 0.286 e. The van der Waals surface area contributed by atoms with Gasteiger partial charge in [0.1, 0.15) is 11.4 Å². The molecular formula is C20H20BrN3O2. The third-order valence-electron chi connectivity index (χ3n) is 3.93. The van der Waals surface area contributed by atoms with Crippen LogP contribution in [0.4, 0.5) is 0 Å². The Morgan fingerprint density at radius 1 is 1.08 bits per heavy atom. The van der Waals surface area contributed by atoms with E-state index in [1.165, 1.54) is 0 Å². The summed E-state index contributed by atoms with van der Waals surface area (Å²) in [6.07, 6.45) is 2.59. The molecule has 0 atom stereocenters.